The van der Waals surface area contributed by atoms with Crippen LogP contribution >= 0.6 is 0 Å². The van der Waals surface area contributed by atoms with E-state index < -0.39 is 11.9 Å². The predicted molar refractivity (Wildman–Crippen MR) is 85.1 cm³/mol. The van der Waals surface area contributed by atoms with Crippen LogP contribution in [0.2, 0.25) is 0 Å². The van der Waals surface area contributed by atoms with Crippen LogP contribution < -0.4 is 10.1 Å². The number of carbonyl (C=O) groups is 2. The van der Waals surface area contributed by atoms with Gasteiger partial charge >= 0.3 is 5.97 Å². The van der Waals surface area contributed by atoms with Crippen LogP contribution in [0.5, 0.6) is 11.5 Å². The van der Waals surface area contributed by atoms with Crippen molar-refractivity contribution in [3.63, 3.8) is 0 Å². The van der Waals surface area contributed by atoms with Crippen LogP contribution in [0.4, 0.5) is 5.69 Å². The highest BCUT2D eigenvalue weighted by Gasteiger charge is 2.14. The third-order valence-corrected chi connectivity index (χ3v) is 3.20. The molecule has 0 heterocycles. The summed E-state index contributed by atoms with van der Waals surface area (Å²) in [6.45, 7) is 3.59. The first-order chi connectivity index (χ1) is 10.9. The van der Waals surface area contributed by atoms with E-state index in [0.717, 1.165) is 17.2 Å². The molecule has 1 amide bonds. The highest BCUT2D eigenvalue weighted by atomic mass is 16.5. The summed E-state index contributed by atoms with van der Waals surface area (Å²) in [5.74, 6) is -1.33. The molecule has 0 unspecified atom stereocenters. The van der Waals surface area contributed by atoms with Gasteiger partial charge in [0.2, 0.25) is 0 Å². The maximum Gasteiger partial charge on any atom is 0.337 e. The number of aromatic carboxylic acids is 1. The number of ether oxygens (including phenoxy) is 1. The van der Waals surface area contributed by atoms with Gasteiger partial charge in [0.1, 0.15) is 11.5 Å². The minimum atomic E-state index is -1.24. The maximum absolute atomic E-state index is 11.9. The molecular weight excluding hydrogens is 298 g/mol. The molecule has 0 aliphatic carbocycles. The molecule has 0 aromatic heterocycles. The van der Waals surface area contributed by atoms with Gasteiger partial charge in [-0.1, -0.05) is 17.7 Å². The van der Waals surface area contributed by atoms with Gasteiger partial charge in [0, 0.05) is 0 Å². The van der Waals surface area contributed by atoms with Gasteiger partial charge in [-0.3, -0.25) is 4.79 Å². The Labute approximate surface area is 133 Å². The Hall–Kier alpha value is -3.02. The minimum absolute atomic E-state index is 0.101. The lowest BCUT2D eigenvalue weighted by molar-refractivity contribution is -0.118. The van der Waals surface area contributed by atoms with E-state index >= 15 is 0 Å². The summed E-state index contributed by atoms with van der Waals surface area (Å²) in [5.41, 5.74) is 1.91. The number of hydrogen-bond donors (Lipinski definition) is 3. The largest absolute Gasteiger partial charge is 0.508 e. The van der Waals surface area contributed by atoms with E-state index in [4.69, 9.17) is 9.84 Å². The van der Waals surface area contributed by atoms with Gasteiger partial charge in [-0.2, -0.15) is 0 Å². The number of aryl methyl sites for hydroxylation is 2. The summed E-state index contributed by atoms with van der Waals surface area (Å²) < 4.78 is 5.44. The summed E-state index contributed by atoms with van der Waals surface area (Å²) >= 11 is 0. The van der Waals surface area contributed by atoms with Crippen molar-refractivity contribution in [2.75, 3.05) is 11.9 Å². The molecule has 2 aromatic carbocycles. The average molecular weight is 315 g/mol. The second-order valence-corrected chi connectivity index (χ2v) is 5.14. The molecule has 0 aliphatic rings. The van der Waals surface area contributed by atoms with Gasteiger partial charge in [0.05, 0.1) is 11.3 Å². The lowest BCUT2D eigenvalue weighted by atomic mass is 10.1. The number of carbonyl (C=O) groups excluding carboxylic acids is 1. The van der Waals surface area contributed by atoms with Crippen molar-refractivity contribution >= 4 is 17.6 Å². The molecule has 0 fully saturated rings. The summed E-state index contributed by atoms with van der Waals surface area (Å²) in [7, 11) is 0. The third kappa shape index (κ3) is 4.23. The minimum Gasteiger partial charge on any atom is -0.508 e. The van der Waals surface area contributed by atoms with E-state index in [0.29, 0.717) is 5.75 Å². The molecule has 3 N–H and O–H groups in total. The smallest absolute Gasteiger partial charge is 0.337 e. The number of rotatable bonds is 5. The number of benzene rings is 2. The van der Waals surface area contributed by atoms with E-state index in [9.17, 15) is 14.7 Å². The predicted octanol–water partition coefficient (Wildman–Crippen LogP) is 2.72. The van der Waals surface area contributed by atoms with Crippen molar-refractivity contribution in [2.45, 2.75) is 13.8 Å². The summed E-state index contributed by atoms with van der Waals surface area (Å²) in [6.07, 6.45) is 0. The van der Waals surface area contributed by atoms with Crippen LogP contribution in [-0.4, -0.2) is 28.7 Å². The average Bonchev–Trinajstić information content (AvgIpc) is 2.48. The van der Waals surface area contributed by atoms with Gasteiger partial charge in [0.15, 0.2) is 6.61 Å². The summed E-state index contributed by atoms with van der Waals surface area (Å²) in [6, 6.07) is 9.30. The number of phenols is 1. The second kappa shape index (κ2) is 6.83. The first-order valence-corrected chi connectivity index (χ1v) is 6.93. The van der Waals surface area contributed by atoms with Crippen molar-refractivity contribution < 1.29 is 24.5 Å². The van der Waals surface area contributed by atoms with Crippen molar-refractivity contribution in [1.82, 2.24) is 0 Å². The zero-order valence-electron chi connectivity index (χ0n) is 12.8. The lowest BCUT2D eigenvalue weighted by Gasteiger charge is -2.11. The number of nitrogens with one attached hydrogen (secondary N) is 1. The third-order valence-electron chi connectivity index (χ3n) is 3.20. The van der Waals surface area contributed by atoms with Crippen molar-refractivity contribution in [1.29, 1.82) is 0 Å². The lowest BCUT2D eigenvalue weighted by Crippen LogP contribution is -2.21. The summed E-state index contributed by atoms with van der Waals surface area (Å²) in [4.78, 5) is 23.0. The molecule has 120 valence electrons. The molecule has 0 atom stereocenters. The molecular formula is C17H17NO5. The first kappa shape index (κ1) is 16.4. The molecule has 0 saturated heterocycles. The zero-order valence-corrected chi connectivity index (χ0v) is 12.8. The van der Waals surface area contributed by atoms with Crippen LogP contribution in [0.15, 0.2) is 36.4 Å². The zero-order chi connectivity index (χ0) is 17.0. The van der Waals surface area contributed by atoms with E-state index in [1.165, 1.54) is 12.1 Å². The van der Waals surface area contributed by atoms with Gasteiger partial charge < -0.3 is 20.3 Å². The molecule has 0 radical (unpaired) electrons. The molecule has 2 aromatic rings. The molecule has 6 heteroatoms. The number of amides is 1. The standard InChI is InChI=1S/C17H17NO5/c1-10-3-6-15(11(2)7-10)23-9-16(20)18-14-5-4-12(19)8-13(14)17(21)22/h3-8,19H,9H2,1-2H3,(H,18,20)(H,21,22). The van der Waals surface area contributed by atoms with Crippen LogP contribution in [0.25, 0.3) is 0 Å². The van der Waals surface area contributed by atoms with Crippen molar-refractivity contribution in [2.24, 2.45) is 0 Å². The fourth-order valence-corrected chi connectivity index (χ4v) is 2.11. The molecule has 0 aliphatic heterocycles. The van der Waals surface area contributed by atoms with Crippen LogP contribution in [0.3, 0.4) is 0 Å². The number of hydrogen-bond acceptors (Lipinski definition) is 4. The quantitative estimate of drug-likeness (QED) is 0.737. The Kier molecular flexibility index (Phi) is 4.85. The van der Waals surface area contributed by atoms with Gasteiger partial charge in [0.25, 0.3) is 5.91 Å². The van der Waals surface area contributed by atoms with Crippen LogP contribution in [0, 0.1) is 13.8 Å². The highest BCUT2D eigenvalue weighted by Crippen LogP contribution is 2.22. The van der Waals surface area contributed by atoms with Crippen molar-refractivity contribution in [3.05, 3.63) is 53.1 Å². The number of aromatic hydroxyl groups is 1. The van der Waals surface area contributed by atoms with E-state index in [2.05, 4.69) is 5.32 Å². The Morgan fingerprint density at radius 1 is 1.13 bits per heavy atom. The van der Waals surface area contributed by atoms with E-state index in [1.807, 2.05) is 26.0 Å². The van der Waals surface area contributed by atoms with Crippen LogP contribution in [-0.2, 0) is 4.79 Å². The SMILES string of the molecule is Cc1ccc(OCC(=O)Nc2ccc(O)cc2C(=O)O)c(C)c1. The molecule has 0 saturated carbocycles. The maximum atomic E-state index is 11.9. The molecule has 2 rings (SSSR count). The van der Waals surface area contributed by atoms with Crippen LogP contribution in [0.1, 0.15) is 21.5 Å². The fraction of sp³-hybridized carbons (Fsp3) is 0.176. The second-order valence-electron chi connectivity index (χ2n) is 5.14. The Bertz CT molecular complexity index is 755. The first-order valence-electron chi connectivity index (χ1n) is 6.93. The molecule has 0 spiro atoms. The number of carboxylic acids is 1. The monoisotopic (exact) mass is 315 g/mol. The van der Waals surface area contributed by atoms with E-state index in [1.54, 1.807) is 6.07 Å². The number of carboxylic acid groups (broad SMARTS) is 1. The van der Waals surface area contributed by atoms with E-state index in [-0.39, 0.29) is 23.6 Å². The molecule has 6 nitrogen and oxygen atoms in total. The Morgan fingerprint density at radius 3 is 2.52 bits per heavy atom. The van der Waals surface area contributed by atoms with Gasteiger partial charge in [-0.15, -0.1) is 0 Å². The van der Waals surface area contributed by atoms with Gasteiger partial charge in [-0.05, 0) is 43.7 Å². The van der Waals surface area contributed by atoms with Gasteiger partial charge in [-0.25, -0.2) is 4.79 Å². The normalized spacial score (nSPS) is 10.2. The molecule has 0 bridgehead atoms. The summed E-state index contributed by atoms with van der Waals surface area (Å²) in [5, 5.41) is 20.9. The topological polar surface area (TPSA) is 95.9 Å². The molecule has 23 heavy (non-hydrogen) atoms. The fourth-order valence-electron chi connectivity index (χ4n) is 2.11. The Balaban J connectivity index is 2.04. The van der Waals surface area contributed by atoms with Crippen molar-refractivity contribution in [3.8, 4) is 11.5 Å². The number of phenolic OH excluding ortho intramolecular Hbond substituents is 1. The Morgan fingerprint density at radius 2 is 1.87 bits per heavy atom. The highest BCUT2D eigenvalue weighted by molar-refractivity contribution is 6.01. The number of anilines is 1.